The zero-order chi connectivity index (χ0) is 16.8. The Bertz CT molecular complexity index is 654. The fourth-order valence-corrected chi connectivity index (χ4v) is 2.20. The minimum Gasteiger partial charge on any atom is -0.387 e. The molecule has 0 aliphatic rings. The average Bonchev–Trinajstić information content (AvgIpc) is 2.52. The van der Waals surface area contributed by atoms with Crippen LogP contribution in [0.3, 0.4) is 0 Å². The lowest BCUT2D eigenvalue weighted by atomic mass is 10.1. The van der Waals surface area contributed by atoms with Crippen molar-refractivity contribution in [2.24, 2.45) is 0 Å². The van der Waals surface area contributed by atoms with E-state index in [-0.39, 0.29) is 12.6 Å². The molecule has 122 valence electrons. The minimum absolute atomic E-state index is 0.152. The summed E-state index contributed by atoms with van der Waals surface area (Å²) in [7, 11) is 3.92. The molecule has 0 spiro atoms. The van der Waals surface area contributed by atoms with Crippen LogP contribution >= 0.6 is 0 Å². The van der Waals surface area contributed by atoms with E-state index in [9.17, 15) is 9.90 Å². The Morgan fingerprint density at radius 2 is 1.87 bits per heavy atom. The number of carbonyl (C=O) groups excluding carboxylic acids is 1. The molecule has 3 N–H and O–H groups in total. The van der Waals surface area contributed by atoms with Gasteiger partial charge in [-0.2, -0.15) is 0 Å². The molecule has 0 saturated carbocycles. The van der Waals surface area contributed by atoms with E-state index in [0.29, 0.717) is 0 Å². The van der Waals surface area contributed by atoms with Crippen LogP contribution in [0.5, 0.6) is 0 Å². The molecular weight excluding hydrogens is 290 g/mol. The molecule has 2 rings (SSSR count). The van der Waals surface area contributed by atoms with Gasteiger partial charge in [-0.05, 0) is 42.3 Å². The first-order valence-corrected chi connectivity index (χ1v) is 7.52. The van der Waals surface area contributed by atoms with E-state index in [0.717, 1.165) is 22.5 Å². The second-order valence-corrected chi connectivity index (χ2v) is 5.71. The van der Waals surface area contributed by atoms with Gasteiger partial charge in [0.05, 0.1) is 6.10 Å². The first-order valence-electron chi connectivity index (χ1n) is 7.52. The number of nitrogens with one attached hydrogen (secondary N) is 2. The van der Waals surface area contributed by atoms with Crippen molar-refractivity contribution in [3.8, 4) is 0 Å². The summed E-state index contributed by atoms with van der Waals surface area (Å²) in [6, 6.07) is 14.8. The van der Waals surface area contributed by atoms with E-state index in [1.807, 2.05) is 74.4 Å². The minimum atomic E-state index is -0.741. The number of urea groups is 1. The lowest BCUT2D eigenvalue weighted by molar-refractivity contribution is 0.175. The smallest absolute Gasteiger partial charge is 0.319 e. The third-order valence-corrected chi connectivity index (χ3v) is 3.53. The van der Waals surface area contributed by atoms with Gasteiger partial charge in [0.1, 0.15) is 0 Å². The topological polar surface area (TPSA) is 64.6 Å². The van der Waals surface area contributed by atoms with Crippen LogP contribution in [-0.4, -0.2) is 31.8 Å². The lowest BCUT2D eigenvalue weighted by Crippen LogP contribution is -2.32. The summed E-state index contributed by atoms with van der Waals surface area (Å²) in [6.07, 6.45) is -0.741. The van der Waals surface area contributed by atoms with Gasteiger partial charge in [-0.15, -0.1) is 0 Å². The summed E-state index contributed by atoms with van der Waals surface area (Å²) in [5.41, 5.74) is 3.63. The Hall–Kier alpha value is -2.53. The number of nitrogens with zero attached hydrogens (tertiary/aromatic N) is 1. The Morgan fingerprint density at radius 3 is 2.48 bits per heavy atom. The Balaban J connectivity index is 1.85. The van der Waals surface area contributed by atoms with Gasteiger partial charge in [0, 0.05) is 32.0 Å². The predicted octanol–water partition coefficient (Wildman–Crippen LogP) is 2.92. The number of hydrogen-bond acceptors (Lipinski definition) is 3. The molecule has 1 atom stereocenters. The summed E-state index contributed by atoms with van der Waals surface area (Å²) in [4.78, 5) is 13.9. The molecule has 0 aliphatic carbocycles. The van der Waals surface area contributed by atoms with Gasteiger partial charge >= 0.3 is 6.03 Å². The Morgan fingerprint density at radius 1 is 1.17 bits per heavy atom. The average molecular weight is 313 g/mol. The highest BCUT2D eigenvalue weighted by atomic mass is 16.3. The van der Waals surface area contributed by atoms with Crippen molar-refractivity contribution in [3.63, 3.8) is 0 Å². The van der Waals surface area contributed by atoms with Crippen molar-refractivity contribution in [1.82, 2.24) is 5.32 Å². The van der Waals surface area contributed by atoms with E-state index in [1.165, 1.54) is 0 Å². The fourth-order valence-electron chi connectivity index (χ4n) is 2.20. The van der Waals surface area contributed by atoms with Gasteiger partial charge in [0.2, 0.25) is 0 Å². The van der Waals surface area contributed by atoms with Crippen LogP contribution in [0.1, 0.15) is 17.2 Å². The molecule has 0 aromatic heterocycles. The van der Waals surface area contributed by atoms with Gasteiger partial charge < -0.3 is 20.6 Å². The number of hydrogen-bond donors (Lipinski definition) is 3. The maximum atomic E-state index is 11.9. The zero-order valence-corrected chi connectivity index (χ0v) is 13.7. The summed E-state index contributed by atoms with van der Waals surface area (Å²) >= 11 is 0. The van der Waals surface area contributed by atoms with E-state index in [4.69, 9.17) is 0 Å². The second kappa shape index (κ2) is 7.65. The van der Waals surface area contributed by atoms with Crippen molar-refractivity contribution in [1.29, 1.82) is 0 Å². The monoisotopic (exact) mass is 313 g/mol. The Labute approximate surface area is 136 Å². The molecule has 0 radical (unpaired) electrons. The van der Waals surface area contributed by atoms with Gasteiger partial charge in [-0.25, -0.2) is 4.79 Å². The highest BCUT2D eigenvalue weighted by Crippen LogP contribution is 2.17. The molecule has 0 heterocycles. The van der Waals surface area contributed by atoms with Gasteiger partial charge in [-0.1, -0.05) is 24.3 Å². The van der Waals surface area contributed by atoms with Gasteiger partial charge in [0.25, 0.3) is 0 Å². The van der Waals surface area contributed by atoms with Crippen molar-refractivity contribution in [2.75, 3.05) is 30.9 Å². The van der Waals surface area contributed by atoms with Crippen LogP contribution in [0.2, 0.25) is 0 Å². The highest BCUT2D eigenvalue weighted by Gasteiger charge is 2.10. The first-order chi connectivity index (χ1) is 11.0. The van der Waals surface area contributed by atoms with E-state index < -0.39 is 6.10 Å². The van der Waals surface area contributed by atoms with Crippen LogP contribution in [-0.2, 0) is 0 Å². The van der Waals surface area contributed by atoms with E-state index in [2.05, 4.69) is 10.6 Å². The number of benzene rings is 2. The standard InChI is InChI=1S/C18H23N3O2/c1-13-5-4-6-15(11-13)20-18(23)19-12-17(22)14-7-9-16(10-8-14)21(2)3/h4-11,17,22H,12H2,1-3H3,(H2,19,20,23). The number of carbonyl (C=O) groups is 1. The van der Waals surface area contributed by atoms with Crippen molar-refractivity contribution < 1.29 is 9.90 Å². The molecule has 0 fully saturated rings. The second-order valence-electron chi connectivity index (χ2n) is 5.71. The maximum Gasteiger partial charge on any atom is 0.319 e. The number of anilines is 2. The van der Waals surface area contributed by atoms with Gasteiger partial charge in [-0.3, -0.25) is 0 Å². The zero-order valence-electron chi connectivity index (χ0n) is 13.7. The number of rotatable bonds is 5. The SMILES string of the molecule is Cc1cccc(NC(=O)NCC(O)c2ccc(N(C)C)cc2)c1. The predicted molar refractivity (Wildman–Crippen MR) is 93.9 cm³/mol. The molecular formula is C18H23N3O2. The molecule has 2 aromatic carbocycles. The van der Waals surface area contributed by atoms with E-state index >= 15 is 0 Å². The van der Waals surface area contributed by atoms with Crippen molar-refractivity contribution >= 4 is 17.4 Å². The molecule has 2 aromatic rings. The Kier molecular flexibility index (Phi) is 5.60. The molecule has 2 amide bonds. The van der Waals surface area contributed by atoms with Crippen LogP contribution in [0.15, 0.2) is 48.5 Å². The third-order valence-electron chi connectivity index (χ3n) is 3.53. The maximum absolute atomic E-state index is 11.9. The molecule has 5 nitrogen and oxygen atoms in total. The molecule has 5 heteroatoms. The quantitative estimate of drug-likeness (QED) is 0.795. The molecule has 23 heavy (non-hydrogen) atoms. The number of aliphatic hydroxyl groups excluding tert-OH is 1. The third kappa shape index (κ3) is 5.00. The van der Waals surface area contributed by atoms with Crippen LogP contribution in [0, 0.1) is 6.92 Å². The summed E-state index contributed by atoms with van der Waals surface area (Å²) in [5.74, 6) is 0. The molecule has 0 aliphatic heterocycles. The number of aryl methyl sites for hydroxylation is 1. The van der Waals surface area contributed by atoms with E-state index in [1.54, 1.807) is 0 Å². The lowest BCUT2D eigenvalue weighted by Gasteiger charge is -2.16. The largest absolute Gasteiger partial charge is 0.387 e. The summed E-state index contributed by atoms with van der Waals surface area (Å²) < 4.78 is 0. The molecule has 1 unspecified atom stereocenters. The van der Waals surface area contributed by atoms with Crippen LogP contribution in [0.25, 0.3) is 0 Å². The first kappa shape index (κ1) is 16.8. The van der Waals surface area contributed by atoms with Crippen LogP contribution < -0.4 is 15.5 Å². The van der Waals surface area contributed by atoms with Crippen molar-refractivity contribution in [2.45, 2.75) is 13.0 Å². The molecule has 0 saturated heterocycles. The fraction of sp³-hybridized carbons (Fsp3) is 0.278. The van der Waals surface area contributed by atoms with Crippen molar-refractivity contribution in [3.05, 3.63) is 59.7 Å². The normalized spacial score (nSPS) is 11.7. The van der Waals surface area contributed by atoms with Crippen LogP contribution in [0.4, 0.5) is 16.2 Å². The number of aliphatic hydroxyl groups is 1. The molecule has 0 bridgehead atoms. The van der Waals surface area contributed by atoms with Gasteiger partial charge in [0.15, 0.2) is 0 Å². The summed E-state index contributed by atoms with van der Waals surface area (Å²) in [5, 5.41) is 15.6. The summed E-state index contributed by atoms with van der Waals surface area (Å²) in [6.45, 7) is 2.11. The highest BCUT2D eigenvalue weighted by molar-refractivity contribution is 5.89. The number of amides is 2.